The van der Waals surface area contributed by atoms with Crippen molar-refractivity contribution < 1.29 is 14.4 Å². The maximum absolute atomic E-state index is 10.7. The number of halogens is 2. The predicted octanol–water partition coefficient (Wildman–Crippen LogP) is 2.89. The molecule has 0 unspecified atom stereocenters. The van der Waals surface area contributed by atoms with Crippen LogP contribution in [0.5, 0.6) is 17.4 Å². The van der Waals surface area contributed by atoms with Crippen LogP contribution in [0.15, 0.2) is 18.2 Å². The zero-order valence-corrected chi connectivity index (χ0v) is 11.4. The molecule has 0 saturated carbocycles. The maximum Gasteiger partial charge on any atom is 0.273 e. The fraction of sp³-hybridized carbons (Fsp3) is 0.100. The van der Waals surface area contributed by atoms with E-state index in [2.05, 4.69) is 15.2 Å². The van der Waals surface area contributed by atoms with Crippen LogP contribution < -0.4 is 9.47 Å². The Kier molecular flexibility index (Phi) is 4.16. The molecule has 0 radical (unpaired) electrons. The summed E-state index contributed by atoms with van der Waals surface area (Å²) >= 11 is 11.3. The molecular weight excluding hydrogens is 311 g/mol. The molecule has 0 atom stereocenters. The van der Waals surface area contributed by atoms with Crippen LogP contribution in [0.1, 0.15) is 0 Å². The molecule has 0 spiro atoms. The molecule has 0 bridgehead atoms. The zero-order chi connectivity index (χ0) is 14.7. The topological polar surface area (TPSA) is 100 Å². The minimum Gasteiger partial charge on any atom is -0.493 e. The number of hydrogen-bond donors (Lipinski definition) is 0. The lowest BCUT2D eigenvalue weighted by molar-refractivity contribution is -0.384. The molecule has 0 aliphatic heterocycles. The highest BCUT2D eigenvalue weighted by Gasteiger charge is 2.16. The summed E-state index contributed by atoms with van der Waals surface area (Å²) in [5, 5.41) is 17.4. The Hall–Kier alpha value is -2.19. The average Bonchev–Trinajstić information content (AvgIpc) is 2.43. The molecule has 8 nitrogen and oxygen atoms in total. The zero-order valence-electron chi connectivity index (χ0n) is 9.91. The Morgan fingerprint density at radius 1 is 1.25 bits per heavy atom. The molecular formula is C10H6Cl2N4O4. The number of rotatable bonds is 4. The Morgan fingerprint density at radius 3 is 2.65 bits per heavy atom. The van der Waals surface area contributed by atoms with Crippen molar-refractivity contribution in [3.8, 4) is 17.4 Å². The molecule has 104 valence electrons. The number of aromatic nitrogens is 3. The average molecular weight is 317 g/mol. The highest BCUT2D eigenvalue weighted by atomic mass is 35.5. The molecule has 10 heteroatoms. The molecule has 0 fully saturated rings. The second-order valence-electron chi connectivity index (χ2n) is 3.37. The van der Waals surface area contributed by atoms with E-state index in [0.29, 0.717) is 0 Å². The fourth-order valence-corrected chi connectivity index (χ4v) is 1.54. The van der Waals surface area contributed by atoms with E-state index in [9.17, 15) is 10.1 Å². The number of benzene rings is 1. The van der Waals surface area contributed by atoms with Gasteiger partial charge in [0.05, 0.1) is 18.1 Å². The van der Waals surface area contributed by atoms with Gasteiger partial charge >= 0.3 is 0 Å². The normalized spacial score (nSPS) is 10.2. The monoisotopic (exact) mass is 316 g/mol. The summed E-state index contributed by atoms with van der Waals surface area (Å²) in [5.74, 6) is 0.236. The van der Waals surface area contributed by atoms with Crippen molar-refractivity contribution >= 4 is 28.9 Å². The molecule has 0 aliphatic carbocycles. The number of hydrogen-bond acceptors (Lipinski definition) is 7. The van der Waals surface area contributed by atoms with E-state index in [1.165, 1.54) is 25.3 Å². The van der Waals surface area contributed by atoms with Crippen molar-refractivity contribution in [2.75, 3.05) is 7.11 Å². The van der Waals surface area contributed by atoms with Gasteiger partial charge in [0, 0.05) is 6.07 Å². The largest absolute Gasteiger partial charge is 0.493 e. The van der Waals surface area contributed by atoms with Crippen LogP contribution >= 0.6 is 23.2 Å². The van der Waals surface area contributed by atoms with Crippen LogP contribution in [0.3, 0.4) is 0 Å². The molecule has 0 N–H and O–H groups in total. The summed E-state index contributed by atoms with van der Waals surface area (Å²) in [6.07, 6.45) is 0. The van der Waals surface area contributed by atoms with Crippen molar-refractivity contribution in [3.63, 3.8) is 0 Å². The Bertz CT molecular complexity index is 668. The van der Waals surface area contributed by atoms with Crippen LogP contribution in [0.4, 0.5) is 5.69 Å². The molecule has 1 aromatic heterocycles. The smallest absolute Gasteiger partial charge is 0.273 e. The third-order valence-corrected chi connectivity index (χ3v) is 2.55. The second kappa shape index (κ2) is 5.85. The summed E-state index contributed by atoms with van der Waals surface area (Å²) in [7, 11) is 1.35. The predicted molar refractivity (Wildman–Crippen MR) is 69.6 cm³/mol. The van der Waals surface area contributed by atoms with Gasteiger partial charge in [-0.1, -0.05) is 11.6 Å². The number of non-ortho nitro benzene ring substituents is 1. The summed E-state index contributed by atoms with van der Waals surface area (Å²) in [6.45, 7) is 0. The minimum absolute atomic E-state index is 0.0844. The number of methoxy groups -OCH3 is 1. The van der Waals surface area contributed by atoms with Gasteiger partial charge in [0.1, 0.15) is 0 Å². The fourth-order valence-electron chi connectivity index (χ4n) is 1.30. The van der Waals surface area contributed by atoms with Gasteiger partial charge in [-0.25, -0.2) is 0 Å². The van der Waals surface area contributed by atoms with Gasteiger partial charge in [0.2, 0.25) is 10.4 Å². The van der Waals surface area contributed by atoms with Gasteiger partial charge in [-0.3, -0.25) is 10.1 Å². The lowest BCUT2D eigenvalue weighted by Crippen LogP contribution is -1.97. The van der Waals surface area contributed by atoms with Crippen LogP contribution in [0, 0.1) is 10.1 Å². The molecule has 0 saturated heterocycles. The van der Waals surface area contributed by atoms with Gasteiger partial charge in [-0.15, -0.1) is 10.2 Å². The van der Waals surface area contributed by atoms with E-state index in [0.717, 1.165) is 0 Å². The molecule has 2 rings (SSSR count). The number of nitrogens with zero attached hydrogens (tertiary/aromatic N) is 4. The van der Waals surface area contributed by atoms with Gasteiger partial charge < -0.3 is 9.47 Å². The number of ether oxygens (including phenoxy) is 2. The van der Waals surface area contributed by atoms with Crippen molar-refractivity contribution in [3.05, 3.63) is 38.8 Å². The maximum atomic E-state index is 10.7. The SMILES string of the molecule is COc1cc([N+](=O)[O-])ccc1Oc1nc(Cl)nnc1Cl. The molecule has 0 amide bonds. The molecule has 2 aromatic rings. The summed E-state index contributed by atoms with van der Waals surface area (Å²) < 4.78 is 10.4. The third-order valence-electron chi connectivity index (χ3n) is 2.16. The van der Waals surface area contributed by atoms with Crippen LogP contribution in [-0.4, -0.2) is 27.2 Å². The standard InChI is InChI=1S/C10H6Cl2N4O4/c1-19-7-4-5(16(17)18)2-3-6(7)20-9-8(11)14-15-10(12)13-9/h2-4H,1H3. The van der Waals surface area contributed by atoms with Crippen molar-refractivity contribution in [2.45, 2.75) is 0 Å². The van der Waals surface area contributed by atoms with E-state index < -0.39 is 4.92 Å². The van der Waals surface area contributed by atoms with Crippen LogP contribution in [-0.2, 0) is 0 Å². The van der Waals surface area contributed by atoms with E-state index >= 15 is 0 Å². The third kappa shape index (κ3) is 3.03. The highest BCUT2D eigenvalue weighted by Crippen LogP contribution is 2.35. The first kappa shape index (κ1) is 14.2. The van der Waals surface area contributed by atoms with Crippen LogP contribution in [0.2, 0.25) is 10.4 Å². The number of nitro groups is 1. The van der Waals surface area contributed by atoms with E-state index in [1.54, 1.807) is 0 Å². The van der Waals surface area contributed by atoms with Crippen molar-refractivity contribution in [1.82, 2.24) is 15.2 Å². The molecule has 1 heterocycles. The Labute approximate surface area is 122 Å². The number of nitro benzene ring substituents is 1. The Morgan fingerprint density at radius 2 is 2.00 bits per heavy atom. The van der Waals surface area contributed by atoms with Gasteiger partial charge in [0.15, 0.2) is 11.5 Å². The first-order valence-electron chi connectivity index (χ1n) is 5.07. The van der Waals surface area contributed by atoms with E-state index in [1.807, 2.05) is 0 Å². The van der Waals surface area contributed by atoms with Gasteiger partial charge in [-0.2, -0.15) is 4.98 Å². The lowest BCUT2D eigenvalue weighted by atomic mass is 10.3. The highest BCUT2D eigenvalue weighted by molar-refractivity contribution is 6.31. The second-order valence-corrected chi connectivity index (χ2v) is 4.07. The van der Waals surface area contributed by atoms with Crippen molar-refractivity contribution in [2.24, 2.45) is 0 Å². The quantitative estimate of drug-likeness (QED) is 0.631. The Balaban J connectivity index is 2.38. The van der Waals surface area contributed by atoms with E-state index in [4.69, 9.17) is 32.7 Å². The summed E-state index contributed by atoms with van der Waals surface area (Å²) in [6, 6.07) is 3.81. The summed E-state index contributed by atoms with van der Waals surface area (Å²) in [5.41, 5.74) is -0.140. The minimum atomic E-state index is -0.553. The molecule has 1 aromatic carbocycles. The van der Waals surface area contributed by atoms with E-state index in [-0.39, 0.29) is 33.5 Å². The van der Waals surface area contributed by atoms with Gasteiger partial charge in [0.25, 0.3) is 11.6 Å². The molecule has 0 aliphatic rings. The summed E-state index contributed by atoms with van der Waals surface area (Å²) in [4.78, 5) is 13.9. The van der Waals surface area contributed by atoms with Crippen LogP contribution in [0.25, 0.3) is 0 Å². The molecule has 20 heavy (non-hydrogen) atoms. The first-order chi connectivity index (χ1) is 9.51. The van der Waals surface area contributed by atoms with Gasteiger partial charge in [-0.05, 0) is 17.7 Å². The van der Waals surface area contributed by atoms with Crippen molar-refractivity contribution in [1.29, 1.82) is 0 Å². The lowest BCUT2D eigenvalue weighted by Gasteiger charge is -2.09. The first-order valence-corrected chi connectivity index (χ1v) is 5.83.